The minimum atomic E-state index is -0.444. The largest absolute Gasteiger partial charge is 0.496 e. The molecule has 2 heterocycles. The van der Waals surface area contributed by atoms with Crippen LogP contribution in [0.2, 0.25) is 0 Å². The lowest BCUT2D eigenvalue weighted by Gasteiger charge is -2.18. The summed E-state index contributed by atoms with van der Waals surface area (Å²) in [6, 6.07) is 16.8. The highest BCUT2D eigenvalue weighted by atomic mass is 79.9. The molecule has 0 bridgehead atoms. The normalized spacial score (nSPS) is 16.1. The number of anilines is 2. The zero-order valence-corrected chi connectivity index (χ0v) is 17.3. The molecule has 29 heavy (non-hydrogen) atoms. The minimum absolute atomic E-state index is 0.0752. The summed E-state index contributed by atoms with van der Waals surface area (Å²) in [6.45, 7) is 0.330. The molecular formula is C21H19BrN4O3. The molecule has 0 spiro atoms. The van der Waals surface area contributed by atoms with Crippen LogP contribution in [0.1, 0.15) is 6.42 Å². The highest BCUT2D eigenvalue weighted by Gasteiger charge is 2.36. The molecule has 0 radical (unpaired) electrons. The Bertz CT molecular complexity index is 1070. The molecule has 2 aromatic carbocycles. The number of nitrogens with one attached hydrogen (secondary N) is 2. The van der Waals surface area contributed by atoms with E-state index >= 15 is 0 Å². The second kappa shape index (κ2) is 8.08. The average Bonchev–Trinajstić information content (AvgIpc) is 3.35. The van der Waals surface area contributed by atoms with Crippen molar-refractivity contribution >= 4 is 39.2 Å². The number of para-hydroxylation sites is 2. The molecule has 1 atom stereocenters. The minimum Gasteiger partial charge on any atom is -0.496 e. The number of benzene rings is 2. The molecule has 1 saturated heterocycles. The lowest BCUT2D eigenvalue weighted by Crippen LogP contribution is -2.28. The number of amides is 2. The number of hydrogen-bond acceptors (Lipinski definition) is 4. The van der Waals surface area contributed by atoms with Gasteiger partial charge in [-0.1, -0.05) is 24.3 Å². The van der Waals surface area contributed by atoms with Crippen molar-refractivity contribution in [3.63, 3.8) is 0 Å². The lowest BCUT2D eigenvalue weighted by atomic mass is 10.1. The predicted molar refractivity (Wildman–Crippen MR) is 114 cm³/mol. The highest BCUT2D eigenvalue weighted by Crippen LogP contribution is 2.32. The number of carbonyl (C=O) groups is 2. The molecular weight excluding hydrogens is 436 g/mol. The van der Waals surface area contributed by atoms with Crippen LogP contribution in [-0.2, 0) is 9.59 Å². The van der Waals surface area contributed by atoms with Gasteiger partial charge in [0.1, 0.15) is 5.75 Å². The SMILES string of the molecule is COc1ccccc1-c1cc(NC(=O)C2CC(=O)N(c3ccccc3Br)C2)n[nH]1. The lowest BCUT2D eigenvalue weighted by molar-refractivity contribution is -0.122. The summed E-state index contributed by atoms with van der Waals surface area (Å²) in [5.41, 5.74) is 2.35. The van der Waals surface area contributed by atoms with Crippen molar-refractivity contribution in [2.24, 2.45) is 5.92 Å². The maximum atomic E-state index is 12.7. The summed E-state index contributed by atoms with van der Waals surface area (Å²) in [4.78, 5) is 26.8. The molecule has 8 heteroatoms. The first-order chi connectivity index (χ1) is 14.1. The number of H-pyrrole nitrogens is 1. The molecule has 3 aromatic rings. The van der Waals surface area contributed by atoms with Crippen LogP contribution in [0.3, 0.4) is 0 Å². The van der Waals surface area contributed by atoms with E-state index in [4.69, 9.17) is 4.74 Å². The number of ether oxygens (including phenoxy) is 1. The monoisotopic (exact) mass is 454 g/mol. The maximum absolute atomic E-state index is 12.7. The molecule has 1 fully saturated rings. The Morgan fingerprint density at radius 2 is 2.00 bits per heavy atom. The van der Waals surface area contributed by atoms with Crippen molar-refractivity contribution in [1.82, 2.24) is 10.2 Å². The summed E-state index contributed by atoms with van der Waals surface area (Å²) in [5, 5.41) is 9.89. The van der Waals surface area contributed by atoms with Gasteiger partial charge in [-0.15, -0.1) is 0 Å². The summed E-state index contributed by atoms with van der Waals surface area (Å²) in [6.07, 6.45) is 0.164. The first-order valence-corrected chi connectivity index (χ1v) is 9.90. The van der Waals surface area contributed by atoms with Gasteiger partial charge in [0, 0.05) is 29.1 Å². The van der Waals surface area contributed by atoms with Crippen LogP contribution < -0.4 is 15.0 Å². The van der Waals surface area contributed by atoms with Crippen molar-refractivity contribution in [3.8, 4) is 17.0 Å². The third kappa shape index (κ3) is 3.88. The summed E-state index contributed by atoms with van der Waals surface area (Å²) in [5.74, 6) is 0.364. The van der Waals surface area contributed by atoms with Crippen LogP contribution in [0, 0.1) is 5.92 Å². The highest BCUT2D eigenvalue weighted by molar-refractivity contribution is 9.10. The van der Waals surface area contributed by atoms with Crippen LogP contribution in [0.5, 0.6) is 5.75 Å². The first kappa shape index (κ1) is 19.2. The molecule has 1 unspecified atom stereocenters. The number of aromatic nitrogens is 2. The van der Waals surface area contributed by atoms with E-state index in [1.54, 1.807) is 18.1 Å². The molecule has 2 N–H and O–H groups in total. The Balaban J connectivity index is 1.46. The maximum Gasteiger partial charge on any atom is 0.231 e. The van der Waals surface area contributed by atoms with Crippen molar-refractivity contribution in [3.05, 3.63) is 59.1 Å². The van der Waals surface area contributed by atoms with Crippen LogP contribution >= 0.6 is 15.9 Å². The molecule has 0 saturated carbocycles. The van der Waals surface area contributed by atoms with Gasteiger partial charge in [0.2, 0.25) is 11.8 Å². The second-order valence-electron chi connectivity index (χ2n) is 6.71. The van der Waals surface area contributed by atoms with E-state index in [0.717, 1.165) is 21.4 Å². The van der Waals surface area contributed by atoms with Crippen molar-refractivity contribution in [2.75, 3.05) is 23.9 Å². The van der Waals surface area contributed by atoms with Gasteiger partial charge in [0.15, 0.2) is 5.82 Å². The van der Waals surface area contributed by atoms with Gasteiger partial charge in [-0.25, -0.2) is 0 Å². The van der Waals surface area contributed by atoms with E-state index in [0.29, 0.717) is 18.1 Å². The van der Waals surface area contributed by atoms with Crippen LogP contribution in [0.4, 0.5) is 11.5 Å². The van der Waals surface area contributed by atoms with E-state index in [9.17, 15) is 9.59 Å². The van der Waals surface area contributed by atoms with Crippen LogP contribution in [-0.4, -0.2) is 35.7 Å². The standard InChI is InChI=1S/C21H19BrN4O3/c1-29-18-9-5-2-6-14(18)16-11-19(25-24-16)23-21(28)13-10-20(27)26(12-13)17-8-4-3-7-15(17)22/h2-9,11,13H,10,12H2,1H3,(H2,23,24,25,28). The predicted octanol–water partition coefficient (Wildman–Crippen LogP) is 3.84. The summed E-state index contributed by atoms with van der Waals surface area (Å²) >= 11 is 3.46. The van der Waals surface area contributed by atoms with E-state index in [1.807, 2.05) is 48.5 Å². The first-order valence-electron chi connectivity index (χ1n) is 9.11. The third-order valence-corrected chi connectivity index (χ3v) is 5.54. The van der Waals surface area contributed by atoms with E-state index in [-0.39, 0.29) is 18.2 Å². The fourth-order valence-corrected chi connectivity index (χ4v) is 3.90. The molecule has 1 aliphatic heterocycles. The fraction of sp³-hybridized carbons (Fsp3) is 0.190. The van der Waals surface area contributed by atoms with E-state index < -0.39 is 5.92 Å². The van der Waals surface area contributed by atoms with Crippen molar-refractivity contribution in [1.29, 1.82) is 0 Å². The molecule has 2 amide bonds. The van der Waals surface area contributed by atoms with Gasteiger partial charge in [-0.05, 0) is 40.2 Å². The summed E-state index contributed by atoms with van der Waals surface area (Å²) < 4.78 is 6.19. The molecule has 148 valence electrons. The molecule has 0 aliphatic carbocycles. The van der Waals surface area contributed by atoms with Crippen LogP contribution in [0.25, 0.3) is 11.3 Å². The van der Waals surface area contributed by atoms with Gasteiger partial charge in [-0.3, -0.25) is 14.7 Å². The number of hydrogen-bond donors (Lipinski definition) is 2. The van der Waals surface area contributed by atoms with Crippen molar-refractivity contribution in [2.45, 2.75) is 6.42 Å². The molecule has 1 aliphatic rings. The van der Waals surface area contributed by atoms with Gasteiger partial charge >= 0.3 is 0 Å². The van der Waals surface area contributed by atoms with E-state index in [1.165, 1.54) is 0 Å². The Morgan fingerprint density at radius 3 is 2.79 bits per heavy atom. The van der Waals surface area contributed by atoms with Gasteiger partial charge in [-0.2, -0.15) is 5.10 Å². The third-order valence-electron chi connectivity index (χ3n) is 4.87. The van der Waals surface area contributed by atoms with Gasteiger partial charge in [0.25, 0.3) is 0 Å². The number of aromatic amines is 1. The number of methoxy groups -OCH3 is 1. The fourth-order valence-electron chi connectivity index (χ4n) is 3.41. The smallest absolute Gasteiger partial charge is 0.231 e. The number of carbonyl (C=O) groups excluding carboxylic acids is 2. The second-order valence-corrected chi connectivity index (χ2v) is 7.57. The topological polar surface area (TPSA) is 87.3 Å². The van der Waals surface area contributed by atoms with Gasteiger partial charge in [0.05, 0.1) is 24.4 Å². The zero-order chi connectivity index (χ0) is 20.4. The molecule has 7 nitrogen and oxygen atoms in total. The summed E-state index contributed by atoms with van der Waals surface area (Å²) in [7, 11) is 1.60. The Morgan fingerprint density at radius 1 is 1.24 bits per heavy atom. The number of rotatable bonds is 5. The Labute approximate surface area is 176 Å². The quantitative estimate of drug-likeness (QED) is 0.612. The van der Waals surface area contributed by atoms with E-state index in [2.05, 4.69) is 31.4 Å². The Kier molecular flexibility index (Phi) is 5.35. The number of nitrogens with zero attached hydrogens (tertiary/aromatic N) is 2. The zero-order valence-electron chi connectivity index (χ0n) is 15.7. The van der Waals surface area contributed by atoms with Crippen molar-refractivity contribution < 1.29 is 14.3 Å². The van der Waals surface area contributed by atoms with Gasteiger partial charge < -0.3 is 15.0 Å². The Hall–Kier alpha value is -3.13. The average molecular weight is 455 g/mol. The number of halogens is 1. The molecule has 1 aromatic heterocycles. The van der Waals surface area contributed by atoms with Crippen LogP contribution in [0.15, 0.2) is 59.1 Å². The molecule has 4 rings (SSSR count).